The van der Waals surface area contributed by atoms with Crippen molar-refractivity contribution in [3.05, 3.63) is 0 Å². The summed E-state index contributed by atoms with van der Waals surface area (Å²) >= 11 is 0. The van der Waals surface area contributed by atoms with Crippen molar-refractivity contribution in [1.29, 1.82) is 0 Å². The third kappa shape index (κ3) is 2.29. The quantitative estimate of drug-likeness (QED) is 0.755. The smallest absolute Gasteiger partial charge is 0.0840 e. The van der Waals surface area contributed by atoms with Gasteiger partial charge in [-0.05, 0) is 44.4 Å². The summed E-state index contributed by atoms with van der Waals surface area (Å²) in [5.74, 6) is 0.781. The van der Waals surface area contributed by atoms with Gasteiger partial charge in [-0.1, -0.05) is 13.3 Å². The van der Waals surface area contributed by atoms with Gasteiger partial charge in [-0.2, -0.15) is 0 Å². The topological polar surface area (TPSA) is 29.5 Å². The lowest BCUT2D eigenvalue weighted by atomic mass is 9.83. The minimum atomic E-state index is -0.196. The van der Waals surface area contributed by atoms with Crippen molar-refractivity contribution in [2.24, 2.45) is 5.92 Å². The first-order chi connectivity index (χ1) is 6.79. The van der Waals surface area contributed by atoms with Gasteiger partial charge >= 0.3 is 0 Å². The maximum absolute atomic E-state index is 9.83. The molecule has 0 aromatic carbocycles. The van der Waals surface area contributed by atoms with Crippen LogP contribution in [0.1, 0.15) is 51.9 Å². The van der Waals surface area contributed by atoms with E-state index in [1.807, 2.05) is 0 Å². The number of aliphatic hydroxyl groups is 1. The monoisotopic (exact) mass is 198 g/mol. The second-order valence-corrected chi connectivity index (χ2v) is 4.88. The van der Waals surface area contributed by atoms with Crippen LogP contribution in [-0.2, 0) is 4.74 Å². The molecule has 2 fully saturated rings. The third-order valence-electron chi connectivity index (χ3n) is 3.86. The van der Waals surface area contributed by atoms with Crippen molar-refractivity contribution >= 4 is 0 Å². The first-order valence-corrected chi connectivity index (χ1v) is 6.13. The fourth-order valence-corrected chi connectivity index (χ4v) is 2.47. The maximum atomic E-state index is 9.83. The Morgan fingerprint density at radius 1 is 1.21 bits per heavy atom. The zero-order valence-corrected chi connectivity index (χ0v) is 9.11. The van der Waals surface area contributed by atoms with Gasteiger partial charge in [0, 0.05) is 0 Å². The Hall–Kier alpha value is -0.0800. The van der Waals surface area contributed by atoms with Gasteiger partial charge in [0.05, 0.1) is 18.3 Å². The van der Waals surface area contributed by atoms with Gasteiger partial charge in [0.15, 0.2) is 0 Å². The minimum Gasteiger partial charge on any atom is -0.390 e. The average molecular weight is 198 g/mol. The molecule has 0 amide bonds. The van der Waals surface area contributed by atoms with Gasteiger partial charge < -0.3 is 9.84 Å². The first-order valence-electron chi connectivity index (χ1n) is 6.13. The fraction of sp³-hybridized carbons (Fsp3) is 1.00. The van der Waals surface area contributed by atoms with Crippen molar-refractivity contribution in [3.63, 3.8) is 0 Å². The molecule has 0 aliphatic heterocycles. The summed E-state index contributed by atoms with van der Waals surface area (Å²) in [6, 6.07) is 0. The molecule has 1 N–H and O–H groups in total. The van der Waals surface area contributed by atoms with Crippen LogP contribution >= 0.6 is 0 Å². The van der Waals surface area contributed by atoms with E-state index >= 15 is 0 Å². The van der Waals surface area contributed by atoms with E-state index in [2.05, 4.69) is 6.92 Å². The fourth-order valence-electron chi connectivity index (χ4n) is 2.47. The van der Waals surface area contributed by atoms with Crippen LogP contribution in [0.5, 0.6) is 0 Å². The molecular formula is C12H22O2. The predicted molar refractivity (Wildman–Crippen MR) is 56.2 cm³/mol. The molecule has 2 heteroatoms. The molecule has 3 atom stereocenters. The molecule has 0 saturated heterocycles. The van der Waals surface area contributed by atoms with Gasteiger partial charge in [-0.15, -0.1) is 0 Å². The van der Waals surface area contributed by atoms with Gasteiger partial charge in [0.1, 0.15) is 0 Å². The summed E-state index contributed by atoms with van der Waals surface area (Å²) < 4.78 is 5.92. The molecule has 0 aromatic heterocycles. The Bertz CT molecular complexity index is 175. The molecule has 0 radical (unpaired) electrons. The lowest BCUT2D eigenvalue weighted by Crippen LogP contribution is -2.40. The molecule has 2 rings (SSSR count). The highest BCUT2D eigenvalue weighted by molar-refractivity contribution is 4.82. The van der Waals surface area contributed by atoms with Crippen LogP contribution in [0.2, 0.25) is 0 Å². The number of hydrogen-bond acceptors (Lipinski definition) is 2. The molecule has 3 unspecified atom stereocenters. The molecule has 14 heavy (non-hydrogen) atoms. The maximum Gasteiger partial charge on any atom is 0.0840 e. The summed E-state index contributed by atoms with van der Waals surface area (Å²) in [5.41, 5.74) is 0. The highest BCUT2D eigenvalue weighted by Crippen LogP contribution is 2.32. The SMILES string of the molecule is CCC1CCC(O)C(OC2CCC2)C1. The lowest BCUT2D eigenvalue weighted by molar-refractivity contribution is -0.124. The molecule has 2 saturated carbocycles. The average Bonchev–Trinajstić information content (AvgIpc) is 2.14. The molecule has 0 bridgehead atoms. The summed E-state index contributed by atoms with van der Waals surface area (Å²) in [7, 11) is 0. The van der Waals surface area contributed by atoms with Crippen LogP contribution in [0.3, 0.4) is 0 Å². The molecular weight excluding hydrogens is 176 g/mol. The van der Waals surface area contributed by atoms with Gasteiger partial charge in [0.25, 0.3) is 0 Å². The summed E-state index contributed by atoms with van der Waals surface area (Å²) in [6.45, 7) is 2.24. The van der Waals surface area contributed by atoms with E-state index in [-0.39, 0.29) is 12.2 Å². The van der Waals surface area contributed by atoms with Crippen molar-refractivity contribution < 1.29 is 9.84 Å². The Kier molecular flexibility index (Phi) is 3.45. The standard InChI is InChI=1S/C12H22O2/c1-2-9-6-7-11(13)12(8-9)14-10-4-3-5-10/h9-13H,2-8H2,1H3. The van der Waals surface area contributed by atoms with Crippen molar-refractivity contribution in [2.75, 3.05) is 0 Å². The zero-order chi connectivity index (χ0) is 9.97. The van der Waals surface area contributed by atoms with E-state index in [1.54, 1.807) is 0 Å². The van der Waals surface area contributed by atoms with Gasteiger partial charge in [-0.3, -0.25) is 0 Å². The highest BCUT2D eigenvalue weighted by atomic mass is 16.5. The minimum absolute atomic E-state index is 0.138. The molecule has 2 aliphatic rings. The molecule has 0 aromatic rings. The number of hydrogen-bond donors (Lipinski definition) is 1. The number of aliphatic hydroxyl groups excluding tert-OH is 1. The van der Waals surface area contributed by atoms with Crippen LogP contribution in [0.25, 0.3) is 0 Å². The van der Waals surface area contributed by atoms with E-state index in [0.29, 0.717) is 6.10 Å². The molecule has 82 valence electrons. The van der Waals surface area contributed by atoms with E-state index in [1.165, 1.54) is 32.1 Å². The van der Waals surface area contributed by atoms with Crippen LogP contribution < -0.4 is 0 Å². The van der Waals surface area contributed by atoms with Crippen LogP contribution in [-0.4, -0.2) is 23.4 Å². The molecule has 2 aliphatic carbocycles. The molecule has 0 heterocycles. The number of rotatable bonds is 3. The van der Waals surface area contributed by atoms with E-state index in [0.717, 1.165) is 18.8 Å². The molecule has 0 spiro atoms. The summed E-state index contributed by atoms with van der Waals surface area (Å²) in [5, 5.41) is 9.83. The van der Waals surface area contributed by atoms with Crippen molar-refractivity contribution in [1.82, 2.24) is 0 Å². The second kappa shape index (κ2) is 4.63. The van der Waals surface area contributed by atoms with Crippen molar-refractivity contribution in [2.45, 2.75) is 70.2 Å². The summed E-state index contributed by atoms with van der Waals surface area (Å²) in [6.07, 6.45) is 8.57. The molecule has 2 nitrogen and oxygen atoms in total. The third-order valence-corrected chi connectivity index (χ3v) is 3.86. The first kappa shape index (κ1) is 10.4. The van der Waals surface area contributed by atoms with E-state index in [4.69, 9.17) is 4.74 Å². The van der Waals surface area contributed by atoms with E-state index < -0.39 is 0 Å². The Balaban J connectivity index is 1.80. The van der Waals surface area contributed by atoms with Gasteiger partial charge in [0.2, 0.25) is 0 Å². The van der Waals surface area contributed by atoms with E-state index in [9.17, 15) is 5.11 Å². The summed E-state index contributed by atoms with van der Waals surface area (Å²) in [4.78, 5) is 0. The van der Waals surface area contributed by atoms with Gasteiger partial charge in [-0.25, -0.2) is 0 Å². The predicted octanol–water partition coefficient (Wildman–Crippen LogP) is 2.50. The Labute approximate surface area is 86.6 Å². The highest BCUT2D eigenvalue weighted by Gasteiger charge is 2.32. The van der Waals surface area contributed by atoms with Crippen LogP contribution in [0.4, 0.5) is 0 Å². The zero-order valence-electron chi connectivity index (χ0n) is 9.11. The van der Waals surface area contributed by atoms with Crippen LogP contribution in [0.15, 0.2) is 0 Å². The Morgan fingerprint density at radius 2 is 2.00 bits per heavy atom. The van der Waals surface area contributed by atoms with Crippen molar-refractivity contribution in [3.8, 4) is 0 Å². The number of ether oxygens (including phenoxy) is 1. The second-order valence-electron chi connectivity index (χ2n) is 4.88. The normalized spacial score (nSPS) is 39.4. The lowest BCUT2D eigenvalue weighted by Gasteiger charge is -2.37. The van der Waals surface area contributed by atoms with Crippen LogP contribution in [0, 0.1) is 5.92 Å². The Morgan fingerprint density at radius 3 is 2.57 bits per heavy atom. The largest absolute Gasteiger partial charge is 0.390 e.